The van der Waals surface area contributed by atoms with Crippen molar-refractivity contribution in [3.05, 3.63) is 48.5 Å². The summed E-state index contributed by atoms with van der Waals surface area (Å²) in [6.07, 6.45) is 5.44. The number of halogens is 2. The molecule has 4 nitrogen and oxygen atoms in total. The van der Waals surface area contributed by atoms with E-state index in [1.165, 1.54) is 0 Å². The fourth-order valence-electron chi connectivity index (χ4n) is 2.22. The second-order valence-electron chi connectivity index (χ2n) is 5.00. The highest BCUT2D eigenvalue weighted by atomic mass is 19.3. The van der Waals surface area contributed by atoms with Crippen LogP contribution in [0.3, 0.4) is 0 Å². The summed E-state index contributed by atoms with van der Waals surface area (Å²) in [4.78, 5) is 4.01. The number of nitrogens with zero attached hydrogens (tertiary/aromatic N) is 2. The number of rotatable bonds is 7. The SMILES string of the molecule is CC(Cn1ccnc1)NC(C)c1ccc(OC(F)F)cc1. The third-order valence-electron chi connectivity index (χ3n) is 3.18. The molecule has 2 atom stereocenters. The molecule has 2 rings (SSSR count). The summed E-state index contributed by atoms with van der Waals surface area (Å²) in [5.74, 6) is 0.174. The molecule has 1 aromatic carbocycles. The van der Waals surface area contributed by atoms with Crippen LogP contribution in [0.25, 0.3) is 0 Å². The molecule has 2 aromatic rings. The minimum atomic E-state index is -2.79. The number of hydrogen-bond donors (Lipinski definition) is 1. The molecular formula is C15H19F2N3O. The molecule has 21 heavy (non-hydrogen) atoms. The van der Waals surface area contributed by atoms with Gasteiger partial charge in [0, 0.05) is 31.0 Å². The van der Waals surface area contributed by atoms with Gasteiger partial charge in [0.15, 0.2) is 0 Å². The Kier molecular flexibility index (Phi) is 5.27. The normalized spacial score (nSPS) is 14.1. The molecule has 0 aliphatic heterocycles. The van der Waals surface area contributed by atoms with E-state index in [9.17, 15) is 8.78 Å². The average molecular weight is 295 g/mol. The van der Waals surface area contributed by atoms with E-state index < -0.39 is 6.61 Å². The van der Waals surface area contributed by atoms with E-state index in [0.29, 0.717) is 0 Å². The first-order valence-electron chi connectivity index (χ1n) is 6.81. The van der Waals surface area contributed by atoms with Crippen LogP contribution in [0.15, 0.2) is 43.0 Å². The van der Waals surface area contributed by atoms with E-state index in [0.717, 1.165) is 12.1 Å². The number of nitrogens with one attached hydrogen (secondary N) is 1. The molecule has 2 unspecified atom stereocenters. The summed E-state index contributed by atoms with van der Waals surface area (Å²) in [5.41, 5.74) is 1.02. The van der Waals surface area contributed by atoms with Crippen LogP contribution >= 0.6 is 0 Å². The fraction of sp³-hybridized carbons (Fsp3) is 0.400. The summed E-state index contributed by atoms with van der Waals surface area (Å²) in [7, 11) is 0. The lowest BCUT2D eigenvalue weighted by molar-refractivity contribution is -0.0498. The van der Waals surface area contributed by atoms with Crippen LogP contribution in [-0.4, -0.2) is 22.2 Å². The smallest absolute Gasteiger partial charge is 0.387 e. The van der Waals surface area contributed by atoms with E-state index in [4.69, 9.17) is 0 Å². The van der Waals surface area contributed by atoms with Crippen LogP contribution in [0.1, 0.15) is 25.5 Å². The molecule has 1 aromatic heterocycles. The van der Waals surface area contributed by atoms with Crippen LogP contribution in [0.5, 0.6) is 5.75 Å². The molecule has 114 valence electrons. The van der Waals surface area contributed by atoms with Gasteiger partial charge >= 0.3 is 6.61 Å². The Morgan fingerprint density at radius 1 is 1.24 bits per heavy atom. The van der Waals surface area contributed by atoms with Crippen molar-refractivity contribution in [1.82, 2.24) is 14.9 Å². The largest absolute Gasteiger partial charge is 0.435 e. The van der Waals surface area contributed by atoms with E-state index in [2.05, 4.69) is 22.0 Å². The predicted molar refractivity (Wildman–Crippen MR) is 76.3 cm³/mol. The molecule has 0 aliphatic rings. The monoisotopic (exact) mass is 295 g/mol. The lowest BCUT2D eigenvalue weighted by Crippen LogP contribution is -2.32. The maximum absolute atomic E-state index is 12.1. The molecule has 0 spiro atoms. The zero-order valence-corrected chi connectivity index (χ0v) is 12.0. The summed E-state index contributed by atoms with van der Waals surface area (Å²) in [5, 5.41) is 3.46. The average Bonchev–Trinajstić information content (AvgIpc) is 2.91. The van der Waals surface area contributed by atoms with Gasteiger partial charge in [0.1, 0.15) is 5.75 Å². The molecule has 0 radical (unpaired) electrons. The fourth-order valence-corrected chi connectivity index (χ4v) is 2.22. The zero-order valence-electron chi connectivity index (χ0n) is 12.0. The van der Waals surface area contributed by atoms with Gasteiger partial charge in [-0.1, -0.05) is 12.1 Å². The number of benzene rings is 1. The Morgan fingerprint density at radius 2 is 1.95 bits per heavy atom. The molecule has 1 N–H and O–H groups in total. The van der Waals surface area contributed by atoms with Crippen molar-refractivity contribution in [2.45, 2.75) is 39.1 Å². The summed E-state index contributed by atoms with van der Waals surface area (Å²) >= 11 is 0. The van der Waals surface area contributed by atoms with Crippen molar-refractivity contribution in [3.8, 4) is 5.75 Å². The van der Waals surface area contributed by atoms with Crippen molar-refractivity contribution < 1.29 is 13.5 Å². The molecule has 0 fully saturated rings. The van der Waals surface area contributed by atoms with Gasteiger partial charge in [-0.3, -0.25) is 0 Å². The van der Waals surface area contributed by atoms with E-state index in [1.807, 2.05) is 17.7 Å². The molecule has 0 saturated carbocycles. The van der Waals surface area contributed by atoms with Crippen LogP contribution in [-0.2, 0) is 6.54 Å². The van der Waals surface area contributed by atoms with Crippen LogP contribution < -0.4 is 10.1 Å². The number of alkyl halides is 2. The van der Waals surface area contributed by atoms with Crippen molar-refractivity contribution in [2.75, 3.05) is 0 Å². The van der Waals surface area contributed by atoms with Crippen molar-refractivity contribution in [1.29, 1.82) is 0 Å². The van der Waals surface area contributed by atoms with Gasteiger partial charge < -0.3 is 14.6 Å². The first-order valence-corrected chi connectivity index (χ1v) is 6.81. The second-order valence-corrected chi connectivity index (χ2v) is 5.00. The van der Waals surface area contributed by atoms with Crippen molar-refractivity contribution in [2.24, 2.45) is 0 Å². The van der Waals surface area contributed by atoms with Crippen molar-refractivity contribution in [3.63, 3.8) is 0 Å². The van der Waals surface area contributed by atoms with Gasteiger partial charge in [-0.05, 0) is 31.5 Å². The zero-order chi connectivity index (χ0) is 15.2. The van der Waals surface area contributed by atoms with Gasteiger partial charge in [-0.2, -0.15) is 8.78 Å². The van der Waals surface area contributed by atoms with Gasteiger partial charge in [0.2, 0.25) is 0 Å². The first-order chi connectivity index (χ1) is 10.0. The lowest BCUT2D eigenvalue weighted by atomic mass is 10.1. The minimum absolute atomic E-state index is 0.115. The Balaban J connectivity index is 1.88. The lowest BCUT2D eigenvalue weighted by Gasteiger charge is -2.21. The van der Waals surface area contributed by atoms with Gasteiger partial charge in [0.25, 0.3) is 0 Å². The number of imidazole rings is 1. The molecule has 0 amide bonds. The molecule has 0 bridgehead atoms. The third kappa shape index (κ3) is 4.82. The molecule has 6 heteroatoms. The minimum Gasteiger partial charge on any atom is -0.435 e. The number of ether oxygens (including phenoxy) is 1. The van der Waals surface area contributed by atoms with E-state index >= 15 is 0 Å². The molecule has 0 aliphatic carbocycles. The third-order valence-corrected chi connectivity index (χ3v) is 3.18. The van der Waals surface area contributed by atoms with Gasteiger partial charge in [-0.15, -0.1) is 0 Å². The highest BCUT2D eigenvalue weighted by molar-refractivity contribution is 5.29. The second kappa shape index (κ2) is 7.17. The van der Waals surface area contributed by atoms with Crippen LogP contribution in [0, 0.1) is 0 Å². The highest BCUT2D eigenvalue weighted by Gasteiger charge is 2.11. The molecule has 1 heterocycles. The Morgan fingerprint density at radius 3 is 2.52 bits per heavy atom. The maximum atomic E-state index is 12.1. The summed E-state index contributed by atoms with van der Waals surface area (Å²) < 4.78 is 30.5. The van der Waals surface area contributed by atoms with Crippen LogP contribution in [0.2, 0.25) is 0 Å². The first kappa shape index (κ1) is 15.4. The Hall–Kier alpha value is -1.95. The molecular weight excluding hydrogens is 276 g/mol. The van der Waals surface area contributed by atoms with Gasteiger partial charge in [0.05, 0.1) is 6.33 Å². The topological polar surface area (TPSA) is 39.1 Å². The van der Waals surface area contributed by atoms with Crippen molar-refractivity contribution >= 4 is 0 Å². The number of aromatic nitrogens is 2. The van der Waals surface area contributed by atoms with Gasteiger partial charge in [-0.25, -0.2) is 4.98 Å². The quantitative estimate of drug-likeness (QED) is 0.852. The summed E-state index contributed by atoms with van der Waals surface area (Å²) in [6, 6.07) is 7.06. The molecule has 0 saturated heterocycles. The van der Waals surface area contributed by atoms with Crippen LogP contribution in [0.4, 0.5) is 8.78 Å². The maximum Gasteiger partial charge on any atom is 0.387 e. The number of hydrogen-bond acceptors (Lipinski definition) is 3. The van der Waals surface area contributed by atoms with E-state index in [-0.39, 0.29) is 17.8 Å². The standard InChI is InChI=1S/C15H19F2N3O/c1-11(9-20-8-7-18-10-20)19-12(2)13-3-5-14(6-4-13)21-15(16)17/h3-8,10-12,15,19H,9H2,1-2H3. The highest BCUT2D eigenvalue weighted by Crippen LogP contribution is 2.19. The predicted octanol–water partition coefficient (Wildman–Crippen LogP) is 3.22. The Labute approximate surface area is 122 Å². The van der Waals surface area contributed by atoms with E-state index in [1.54, 1.807) is 36.8 Å². The summed E-state index contributed by atoms with van der Waals surface area (Å²) in [6.45, 7) is 2.15. The Bertz CT molecular complexity index is 528.